The van der Waals surface area contributed by atoms with Gasteiger partial charge in [0.25, 0.3) is 0 Å². The molecule has 4 nitrogen and oxygen atoms in total. The minimum atomic E-state index is -0.349. The molecule has 6 heteroatoms. The Balaban J connectivity index is 0.00000200. The van der Waals surface area contributed by atoms with Gasteiger partial charge in [-0.1, -0.05) is 12.1 Å². The molecule has 0 radical (unpaired) electrons. The van der Waals surface area contributed by atoms with Crippen molar-refractivity contribution in [1.82, 2.24) is 10.2 Å². The molecule has 1 saturated heterocycles. The van der Waals surface area contributed by atoms with E-state index in [4.69, 9.17) is 4.74 Å². The molecule has 1 heterocycles. The van der Waals surface area contributed by atoms with Gasteiger partial charge in [-0.2, -0.15) is 0 Å². The number of halogens is 2. The van der Waals surface area contributed by atoms with E-state index in [1.807, 2.05) is 6.07 Å². The molecule has 1 aliphatic rings. The maximum Gasteiger partial charge on any atom is 0.165 e. The number of nitrogens with one attached hydrogen (secondary N) is 1. The summed E-state index contributed by atoms with van der Waals surface area (Å²) in [4.78, 5) is 2.27. The zero-order valence-corrected chi connectivity index (χ0v) is 12.5. The number of para-hydroxylation sites is 1. The van der Waals surface area contributed by atoms with Crippen molar-refractivity contribution in [2.45, 2.75) is 12.5 Å². The molecule has 20 heavy (non-hydrogen) atoms. The highest BCUT2D eigenvalue weighted by Crippen LogP contribution is 2.33. The maximum atomic E-state index is 13.8. The summed E-state index contributed by atoms with van der Waals surface area (Å²) in [5.74, 6) is -0.0578. The number of hydrogen-bond acceptors (Lipinski definition) is 4. The molecule has 2 N–H and O–H groups in total. The Labute approximate surface area is 125 Å². The van der Waals surface area contributed by atoms with Gasteiger partial charge in [0.1, 0.15) is 0 Å². The van der Waals surface area contributed by atoms with Crippen molar-refractivity contribution in [3.63, 3.8) is 0 Å². The molecule has 0 saturated carbocycles. The molecule has 0 bridgehead atoms. The van der Waals surface area contributed by atoms with Gasteiger partial charge in [0.2, 0.25) is 0 Å². The Bertz CT molecular complexity index is 414. The first-order valence-electron chi connectivity index (χ1n) is 6.66. The lowest BCUT2D eigenvalue weighted by atomic mass is 10.00. The van der Waals surface area contributed by atoms with Gasteiger partial charge in [-0.3, -0.25) is 4.90 Å². The van der Waals surface area contributed by atoms with Crippen molar-refractivity contribution >= 4 is 12.4 Å². The number of piperazine rings is 1. The van der Waals surface area contributed by atoms with Crippen molar-refractivity contribution in [3.05, 3.63) is 29.6 Å². The van der Waals surface area contributed by atoms with Crippen LogP contribution in [0.25, 0.3) is 0 Å². The number of methoxy groups -OCH3 is 1. The molecule has 1 fully saturated rings. The van der Waals surface area contributed by atoms with Crippen molar-refractivity contribution < 1.29 is 14.2 Å². The Kier molecular flexibility index (Phi) is 7.23. The largest absolute Gasteiger partial charge is 0.493 e. The molecule has 2 rings (SSSR count). The van der Waals surface area contributed by atoms with Crippen LogP contribution < -0.4 is 10.1 Å². The zero-order chi connectivity index (χ0) is 13.7. The standard InChI is InChI=1S/C14H21FN2O2.ClH/c1-19-14-11(3-2-4-12(14)15)13(5-10-18)17-8-6-16-7-9-17;/h2-4,13,16,18H,5-10H2,1H3;1H/t13-;/m1./s1. The summed E-state index contributed by atoms with van der Waals surface area (Å²) < 4.78 is 19.0. The van der Waals surface area contributed by atoms with Gasteiger partial charge < -0.3 is 15.2 Å². The van der Waals surface area contributed by atoms with E-state index in [9.17, 15) is 9.50 Å². The van der Waals surface area contributed by atoms with Crippen molar-refractivity contribution in [3.8, 4) is 5.75 Å². The summed E-state index contributed by atoms with van der Waals surface area (Å²) in [6, 6.07) is 4.97. The highest BCUT2D eigenvalue weighted by atomic mass is 35.5. The molecule has 1 aromatic carbocycles. The molecule has 1 aromatic rings. The predicted molar refractivity (Wildman–Crippen MR) is 79.1 cm³/mol. The molecule has 1 atom stereocenters. The van der Waals surface area contributed by atoms with Crippen LogP contribution >= 0.6 is 12.4 Å². The van der Waals surface area contributed by atoms with Crippen LogP contribution in [-0.2, 0) is 0 Å². The Morgan fingerprint density at radius 3 is 2.70 bits per heavy atom. The topological polar surface area (TPSA) is 44.7 Å². The lowest BCUT2D eigenvalue weighted by molar-refractivity contribution is 0.138. The van der Waals surface area contributed by atoms with Gasteiger partial charge in [-0.15, -0.1) is 12.4 Å². The minimum absolute atomic E-state index is 0. The molecule has 0 unspecified atom stereocenters. The van der Waals surface area contributed by atoms with Crippen molar-refractivity contribution in [1.29, 1.82) is 0 Å². The maximum absolute atomic E-state index is 13.8. The van der Waals surface area contributed by atoms with E-state index in [2.05, 4.69) is 10.2 Å². The monoisotopic (exact) mass is 304 g/mol. The summed E-state index contributed by atoms with van der Waals surface area (Å²) in [6.07, 6.45) is 0.583. The quantitative estimate of drug-likeness (QED) is 0.867. The molecular weight excluding hydrogens is 283 g/mol. The van der Waals surface area contributed by atoms with E-state index in [0.717, 1.165) is 31.7 Å². The first-order valence-corrected chi connectivity index (χ1v) is 6.66. The molecule has 114 valence electrons. The lowest BCUT2D eigenvalue weighted by Crippen LogP contribution is -2.45. The first-order chi connectivity index (χ1) is 9.27. The van der Waals surface area contributed by atoms with Crippen LogP contribution in [0, 0.1) is 5.82 Å². The smallest absolute Gasteiger partial charge is 0.165 e. The number of nitrogens with zero attached hydrogens (tertiary/aromatic N) is 1. The highest BCUT2D eigenvalue weighted by molar-refractivity contribution is 5.85. The number of rotatable bonds is 5. The summed E-state index contributed by atoms with van der Waals surface area (Å²) in [5.41, 5.74) is 0.818. The van der Waals surface area contributed by atoms with Crippen LogP contribution in [0.3, 0.4) is 0 Å². The van der Waals surface area contributed by atoms with Crippen LogP contribution in [0.1, 0.15) is 18.0 Å². The van der Waals surface area contributed by atoms with Crippen molar-refractivity contribution in [2.24, 2.45) is 0 Å². The highest BCUT2D eigenvalue weighted by Gasteiger charge is 2.25. The Hall–Kier alpha value is -0.880. The Morgan fingerprint density at radius 1 is 1.40 bits per heavy atom. The zero-order valence-electron chi connectivity index (χ0n) is 11.6. The number of benzene rings is 1. The van der Waals surface area contributed by atoms with Gasteiger partial charge in [0.15, 0.2) is 11.6 Å². The molecule has 0 aromatic heterocycles. The molecule has 0 spiro atoms. The van der Waals surface area contributed by atoms with Crippen LogP contribution in [0.5, 0.6) is 5.75 Å². The fourth-order valence-electron chi connectivity index (χ4n) is 2.65. The van der Waals surface area contributed by atoms with E-state index in [1.165, 1.54) is 13.2 Å². The van der Waals surface area contributed by atoms with E-state index < -0.39 is 0 Å². The SMILES string of the molecule is COc1c(F)cccc1[C@@H](CCO)N1CCNCC1.Cl. The first kappa shape index (κ1) is 17.2. The van der Waals surface area contributed by atoms with Gasteiger partial charge in [0, 0.05) is 44.4 Å². The second-order valence-corrected chi connectivity index (χ2v) is 4.68. The lowest BCUT2D eigenvalue weighted by Gasteiger charge is -2.35. The van der Waals surface area contributed by atoms with E-state index in [1.54, 1.807) is 6.07 Å². The summed E-state index contributed by atoms with van der Waals surface area (Å²) in [5, 5.41) is 12.6. The van der Waals surface area contributed by atoms with Crippen LogP contribution in [-0.4, -0.2) is 49.9 Å². The minimum Gasteiger partial charge on any atom is -0.493 e. The molecular formula is C14H22ClFN2O2. The average molecular weight is 305 g/mol. The third kappa shape index (κ3) is 3.82. The number of ether oxygens (including phenoxy) is 1. The Morgan fingerprint density at radius 2 is 2.10 bits per heavy atom. The van der Waals surface area contributed by atoms with Crippen LogP contribution in [0.2, 0.25) is 0 Å². The van der Waals surface area contributed by atoms with Gasteiger partial charge in [0.05, 0.1) is 7.11 Å². The molecule has 0 amide bonds. The van der Waals surface area contributed by atoms with Crippen LogP contribution in [0.15, 0.2) is 18.2 Å². The second-order valence-electron chi connectivity index (χ2n) is 4.68. The second kappa shape index (κ2) is 8.42. The van der Waals surface area contributed by atoms with Crippen molar-refractivity contribution in [2.75, 3.05) is 39.9 Å². The normalized spacial score (nSPS) is 17.4. The fourth-order valence-corrected chi connectivity index (χ4v) is 2.65. The van der Waals surface area contributed by atoms with Crippen LogP contribution in [0.4, 0.5) is 4.39 Å². The van der Waals surface area contributed by atoms with Gasteiger partial charge >= 0.3 is 0 Å². The number of aliphatic hydroxyl groups is 1. The summed E-state index contributed by atoms with van der Waals surface area (Å²) in [6.45, 7) is 3.70. The number of aliphatic hydroxyl groups excluding tert-OH is 1. The predicted octanol–water partition coefficient (Wildman–Crippen LogP) is 1.58. The summed E-state index contributed by atoms with van der Waals surface area (Å²) in [7, 11) is 1.48. The number of hydrogen-bond donors (Lipinski definition) is 2. The van der Waals surface area contributed by atoms with Gasteiger partial charge in [-0.05, 0) is 12.5 Å². The van der Waals surface area contributed by atoms with E-state index in [-0.39, 0.29) is 30.9 Å². The third-order valence-electron chi connectivity index (χ3n) is 3.56. The summed E-state index contributed by atoms with van der Waals surface area (Å²) >= 11 is 0. The van der Waals surface area contributed by atoms with Gasteiger partial charge in [-0.25, -0.2) is 4.39 Å². The third-order valence-corrected chi connectivity index (χ3v) is 3.56. The average Bonchev–Trinajstić information content (AvgIpc) is 2.45. The molecule has 0 aliphatic carbocycles. The molecule has 1 aliphatic heterocycles. The fraction of sp³-hybridized carbons (Fsp3) is 0.571. The van der Waals surface area contributed by atoms with E-state index in [0.29, 0.717) is 12.2 Å². The van der Waals surface area contributed by atoms with E-state index >= 15 is 0 Å².